The van der Waals surface area contributed by atoms with Crippen LogP contribution in [0.15, 0.2) is 51.4 Å². The van der Waals surface area contributed by atoms with Crippen molar-refractivity contribution in [1.82, 2.24) is 20.4 Å². The Bertz CT molecular complexity index is 1690. The standard InChI is InChI=1S/C32H38N8O7/c1-4-45-29(42)22-13-17(7-11-39-12-10-35-31(39)40-16-36-25-27(40)37-30(33)38-28(25)41)24-21(46-22)15-20-19(26(24)44-3)14-23(47-20)32(2,43)18-5-8-34-9-6-18/h7,10,12-13,15,18,23,31,34-35,43H,4-6,8-9,11,14,16H2,1-3H3,(H2,33,38,41)/b17-7+/t23-,31?,32+/m0/s1. The van der Waals surface area contributed by atoms with Gasteiger partial charge in [0.1, 0.15) is 35.6 Å². The molecule has 1 fully saturated rings. The van der Waals surface area contributed by atoms with Crippen LogP contribution in [0.5, 0.6) is 17.2 Å². The van der Waals surface area contributed by atoms with Crippen molar-refractivity contribution in [3.05, 3.63) is 47.5 Å². The molecule has 0 aromatic heterocycles. The quantitative estimate of drug-likeness (QED) is 0.289. The molecular weight excluding hydrogens is 608 g/mol. The largest absolute Gasteiger partial charge is 0.496 e. The summed E-state index contributed by atoms with van der Waals surface area (Å²) in [7, 11) is 1.59. The van der Waals surface area contributed by atoms with Crippen LogP contribution >= 0.6 is 0 Å². The van der Waals surface area contributed by atoms with E-state index in [0.29, 0.717) is 47.2 Å². The van der Waals surface area contributed by atoms with E-state index in [4.69, 9.17) is 24.7 Å². The minimum Gasteiger partial charge on any atom is -0.496 e. The van der Waals surface area contributed by atoms with Gasteiger partial charge in [-0.15, -0.1) is 0 Å². The van der Waals surface area contributed by atoms with Crippen LogP contribution in [-0.2, 0) is 20.7 Å². The molecular formula is C32H38N8O7. The van der Waals surface area contributed by atoms with Gasteiger partial charge in [0.2, 0.25) is 11.7 Å². The zero-order valence-electron chi connectivity index (χ0n) is 26.5. The van der Waals surface area contributed by atoms with E-state index < -0.39 is 29.9 Å². The van der Waals surface area contributed by atoms with Gasteiger partial charge in [-0.3, -0.25) is 14.7 Å². The Morgan fingerprint density at radius 1 is 1.28 bits per heavy atom. The predicted octanol–water partition coefficient (Wildman–Crippen LogP) is 0.600. The lowest BCUT2D eigenvalue weighted by atomic mass is 9.77. The molecule has 15 heteroatoms. The Balaban J connectivity index is 1.20. The van der Waals surface area contributed by atoms with Crippen LogP contribution in [0.25, 0.3) is 5.57 Å². The van der Waals surface area contributed by atoms with Crippen LogP contribution in [0.4, 0.5) is 0 Å². The first-order valence-corrected chi connectivity index (χ1v) is 15.8. The SMILES string of the molecule is CCOC(=O)C1=C/C(=C\CN2C=CNC2N2CN=C3C(=O)N=C(N)N=C32)c2c(cc3c(c2OC)C[C@@H]([C@](C)(O)C2CCNCC2)O3)O1. The van der Waals surface area contributed by atoms with Gasteiger partial charge in [-0.2, -0.15) is 9.98 Å². The zero-order valence-corrected chi connectivity index (χ0v) is 26.5. The number of nitrogens with two attached hydrogens (primary N) is 1. The zero-order chi connectivity index (χ0) is 32.9. The second-order valence-electron chi connectivity index (χ2n) is 12.2. The molecule has 0 aliphatic carbocycles. The van der Waals surface area contributed by atoms with E-state index in [1.54, 1.807) is 32.4 Å². The summed E-state index contributed by atoms with van der Waals surface area (Å²) >= 11 is 0. The Morgan fingerprint density at radius 3 is 2.85 bits per heavy atom. The fraction of sp³-hybridized carbons (Fsp3) is 0.469. The highest BCUT2D eigenvalue weighted by atomic mass is 16.6. The topological polar surface area (TPSA) is 185 Å². The number of esters is 1. The summed E-state index contributed by atoms with van der Waals surface area (Å²) in [5.41, 5.74) is 7.06. The number of nitrogens with zero attached hydrogens (tertiary/aromatic N) is 5. The molecule has 1 unspecified atom stereocenters. The molecule has 6 aliphatic heterocycles. The fourth-order valence-electron chi connectivity index (χ4n) is 6.95. The van der Waals surface area contributed by atoms with E-state index >= 15 is 0 Å². The predicted molar refractivity (Wildman–Crippen MR) is 172 cm³/mol. The second kappa shape index (κ2) is 12.0. The molecule has 0 spiro atoms. The van der Waals surface area contributed by atoms with Gasteiger partial charge in [0, 0.05) is 37.0 Å². The van der Waals surface area contributed by atoms with Crippen LogP contribution in [0, 0.1) is 5.92 Å². The number of fused-ring (bicyclic) bond motifs is 3. The first kappa shape index (κ1) is 30.7. The van der Waals surface area contributed by atoms with Crippen molar-refractivity contribution in [2.45, 2.75) is 51.1 Å². The summed E-state index contributed by atoms with van der Waals surface area (Å²) in [5, 5.41) is 18.3. The van der Waals surface area contributed by atoms with Crippen molar-refractivity contribution in [2.24, 2.45) is 26.6 Å². The van der Waals surface area contributed by atoms with Crippen LogP contribution in [0.3, 0.4) is 0 Å². The number of carbonyl (C=O) groups is 2. The third kappa shape index (κ3) is 5.38. The summed E-state index contributed by atoms with van der Waals surface area (Å²) < 4.78 is 23.8. The molecule has 5 N–H and O–H groups in total. The number of hydrogen-bond donors (Lipinski definition) is 4. The maximum Gasteiger partial charge on any atom is 0.374 e. The Hall–Kier alpha value is -4.89. The lowest BCUT2D eigenvalue weighted by Gasteiger charge is -2.39. The smallest absolute Gasteiger partial charge is 0.374 e. The van der Waals surface area contributed by atoms with E-state index in [9.17, 15) is 14.7 Å². The Labute approximate surface area is 271 Å². The van der Waals surface area contributed by atoms with Gasteiger partial charge in [0.05, 0.1) is 19.3 Å². The number of aliphatic imine (C=N–C) groups is 3. The molecule has 1 saturated heterocycles. The number of methoxy groups -OCH3 is 1. The van der Waals surface area contributed by atoms with Gasteiger partial charge in [0.25, 0.3) is 0 Å². The molecule has 6 heterocycles. The molecule has 0 saturated carbocycles. The third-order valence-corrected chi connectivity index (χ3v) is 9.41. The number of hydrogen-bond acceptors (Lipinski definition) is 14. The first-order chi connectivity index (χ1) is 22.7. The van der Waals surface area contributed by atoms with Crippen molar-refractivity contribution in [2.75, 3.05) is 40.0 Å². The number of ether oxygens (including phenoxy) is 4. The molecule has 0 radical (unpaired) electrons. The number of piperidine rings is 1. The van der Waals surface area contributed by atoms with Crippen molar-refractivity contribution < 1.29 is 33.6 Å². The minimum atomic E-state index is -1.06. The number of benzene rings is 1. The monoisotopic (exact) mass is 646 g/mol. The van der Waals surface area contributed by atoms with E-state index in [1.165, 1.54) is 0 Å². The van der Waals surface area contributed by atoms with Crippen LogP contribution in [0.2, 0.25) is 0 Å². The molecule has 1 aromatic rings. The van der Waals surface area contributed by atoms with E-state index in [1.807, 2.05) is 29.0 Å². The average Bonchev–Trinajstić information content (AvgIpc) is 3.81. The van der Waals surface area contributed by atoms with Crippen molar-refractivity contribution in [3.8, 4) is 17.2 Å². The first-order valence-electron chi connectivity index (χ1n) is 15.8. The minimum absolute atomic E-state index is 0.0258. The second-order valence-corrected chi connectivity index (χ2v) is 12.2. The lowest BCUT2D eigenvalue weighted by molar-refractivity contribution is -0.141. The lowest BCUT2D eigenvalue weighted by Crippen LogP contribution is -2.53. The third-order valence-electron chi connectivity index (χ3n) is 9.41. The van der Waals surface area contributed by atoms with Gasteiger partial charge < -0.3 is 45.3 Å². The molecule has 1 aromatic carbocycles. The van der Waals surface area contributed by atoms with Gasteiger partial charge in [-0.05, 0) is 57.3 Å². The summed E-state index contributed by atoms with van der Waals surface area (Å²) in [4.78, 5) is 41.4. The number of amidine groups is 1. The number of amides is 1. The van der Waals surface area contributed by atoms with Gasteiger partial charge in [0.15, 0.2) is 17.8 Å². The molecule has 15 nitrogen and oxygen atoms in total. The average molecular weight is 647 g/mol. The summed E-state index contributed by atoms with van der Waals surface area (Å²) in [5.74, 6) is 0.717. The molecule has 1 amide bonds. The summed E-state index contributed by atoms with van der Waals surface area (Å²) in [6, 6.07) is 1.76. The molecule has 3 atom stereocenters. The number of guanidine groups is 1. The van der Waals surface area contributed by atoms with E-state index in [-0.39, 0.29) is 36.6 Å². The molecule has 6 aliphatic rings. The van der Waals surface area contributed by atoms with Crippen LogP contribution < -0.4 is 30.6 Å². The van der Waals surface area contributed by atoms with Crippen molar-refractivity contribution in [1.29, 1.82) is 0 Å². The van der Waals surface area contributed by atoms with Gasteiger partial charge in [-0.25, -0.2) is 4.79 Å². The number of aliphatic hydroxyl groups is 1. The van der Waals surface area contributed by atoms with Crippen molar-refractivity contribution >= 4 is 35.0 Å². The number of allylic oxidation sites excluding steroid dienone is 2. The number of carbonyl (C=O) groups excluding carboxylic acids is 2. The summed E-state index contributed by atoms with van der Waals surface area (Å²) in [6.45, 7) is 6.04. The van der Waals surface area contributed by atoms with Crippen LogP contribution in [-0.4, -0.2) is 102 Å². The number of rotatable bonds is 8. The van der Waals surface area contributed by atoms with Gasteiger partial charge in [-0.1, -0.05) is 6.08 Å². The maximum absolute atomic E-state index is 12.9. The summed E-state index contributed by atoms with van der Waals surface area (Å²) in [6.07, 6.45) is 8.54. The highest BCUT2D eigenvalue weighted by Crippen LogP contribution is 2.51. The number of nitrogens with one attached hydrogen (secondary N) is 2. The van der Waals surface area contributed by atoms with E-state index in [2.05, 4.69) is 25.6 Å². The molecule has 0 bridgehead atoms. The maximum atomic E-state index is 12.9. The Morgan fingerprint density at radius 2 is 2.09 bits per heavy atom. The van der Waals surface area contributed by atoms with Crippen LogP contribution in [0.1, 0.15) is 37.8 Å². The fourth-order valence-corrected chi connectivity index (χ4v) is 6.95. The molecule has 248 valence electrons. The van der Waals surface area contributed by atoms with Crippen molar-refractivity contribution in [3.63, 3.8) is 0 Å². The normalized spacial score (nSPS) is 25.4. The van der Waals surface area contributed by atoms with Gasteiger partial charge >= 0.3 is 11.9 Å². The Kier molecular flexibility index (Phi) is 7.88. The van der Waals surface area contributed by atoms with E-state index in [0.717, 1.165) is 31.5 Å². The molecule has 47 heavy (non-hydrogen) atoms. The highest BCUT2D eigenvalue weighted by molar-refractivity contribution is 6.69. The highest BCUT2D eigenvalue weighted by Gasteiger charge is 2.46. The molecule has 7 rings (SSSR count).